The summed E-state index contributed by atoms with van der Waals surface area (Å²) in [5, 5.41) is 0. The van der Waals surface area contributed by atoms with Gasteiger partial charge in [0.1, 0.15) is 5.82 Å². The summed E-state index contributed by atoms with van der Waals surface area (Å²) in [6.07, 6.45) is 1.76. The zero-order valence-electron chi connectivity index (χ0n) is 10.8. The summed E-state index contributed by atoms with van der Waals surface area (Å²) < 4.78 is 5.30. The number of hydrogen-bond donors (Lipinski definition) is 1. The second kappa shape index (κ2) is 5.35. The molecule has 0 saturated carbocycles. The Hall–Kier alpha value is -1.62. The zero-order chi connectivity index (χ0) is 13.1. The van der Waals surface area contributed by atoms with Gasteiger partial charge in [0.15, 0.2) is 0 Å². The number of amides is 1. The van der Waals surface area contributed by atoms with Crippen molar-refractivity contribution in [2.75, 3.05) is 31.2 Å². The first-order valence-electron chi connectivity index (χ1n) is 6.22. The summed E-state index contributed by atoms with van der Waals surface area (Å²) in [7, 11) is 0. The van der Waals surface area contributed by atoms with Crippen LogP contribution in [-0.2, 0) is 4.74 Å². The van der Waals surface area contributed by atoms with Gasteiger partial charge in [0, 0.05) is 24.8 Å². The molecule has 0 radical (unpaired) electrons. The lowest BCUT2D eigenvalue weighted by Gasteiger charge is -2.28. The molecule has 1 aliphatic rings. The molecule has 0 unspecified atom stereocenters. The summed E-state index contributed by atoms with van der Waals surface area (Å²) in [5.41, 5.74) is 6.91. The van der Waals surface area contributed by atoms with E-state index in [0.29, 0.717) is 18.8 Å². The minimum atomic E-state index is -0.393. The van der Waals surface area contributed by atoms with E-state index < -0.39 is 5.91 Å². The third-order valence-electron chi connectivity index (χ3n) is 3.14. The fourth-order valence-corrected chi connectivity index (χ4v) is 2.09. The number of rotatable bonds is 3. The normalized spacial score (nSPS) is 16.1. The van der Waals surface area contributed by atoms with Crippen LogP contribution in [0.2, 0.25) is 0 Å². The number of aromatic nitrogens is 1. The Morgan fingerprint density at radius 1 is 1.44 bits per heavy atom. The first-order chi connectivity index (χ1) is 8.59. The first-order valence-corrected chi connectivity index (χ1v) is 6.22. The monoisotopic (exact) mass is 249 g/mol. The van der Waals surface area contributed by atoms with Crippen LogP contribution < -0.4 is 10.6 Å². The molecule has 1 amide bonds. The number of anilines is 1. The molecule has 5 nitrogen and oxygen atoms in total. The molecule has 2 heterocycles. The number of carbonyl (C=O) groups is 1. The van der Waals surface area contributed by atoms with Crippen LogP contribution in [0.1, 0.15) is 35.7 Å². The molecule has 1 aromatic heterocycles. The molecule has 0 bridgehead atoms. The molecule has 18 heavy (non-hydrogen) atoms. The molecule has 1 aromatic rings. The second-order valence-corrected chi connectivity index (χ2v) is 4.75. The summed E-state index contributed by atoms with van der Waals surface area (Å²) >= 11 is 0. The van der Waals surface area contributed by atoms with Gasteiger partial charge in [0.2, 0.25) is 5.91 Å². The van der Waals surface area contributed by atoms with Crippen LogP contribution in [0.4, 0.5) is 5.82 Å². The lowest BCUT2D eigenvalue weighted by Crippen LogP contribution is -2.37. The van der Waals surface area contributed by atoms with Crippen LogP contribution in [0.3, 0.4) is 0 Å². The van der Waals surface area contributed by atoms with Crippen molar-refractivity contribution in [2.45, 2.75) is 19.8 Å². The van der Waals surface area contributed by atoms with Crippen LogP contribution in [-0.4, -0.2) is 37.2 Å². The van der Waals surface area contributed by atoms with Crippen molar-refractivity contribution in [1.82, 2.24) is 4.98 Å². The molecular weight excluding hydrogens is 230 g/mol. The van der Waals surface area contributed by atoms with Gasteiger partial charge in [0.25, 0.3) is 0 Å². The minimum Gasteiger partial charge on any atom is -0.378 e. The Balaban J connectivity index is 2.33. The predicted octanol–water partition coefficient (Wildman–Crippen LogP) is 1.14. The van der Waals surface area contributed by atoms with E-state index in [9.17, 15) is 4.79 Å². The van der Waals surface area contributed by atoms with Gasteiger partial charge < -0.3 is 15.4 Å². The minimum absolute atomic E-state index is 0.235. The number of morpholine rings is 1. The van der Waals surface area contributed by atoms with Crippen molar-refractivity contribution in [3.8, 4) is 0 Å². The van der Waals surface area contributed by atoms with Crippen LogP contribution in [0.15, 0.2) is 12.3 Å². The molecule has 1 aliphatic heterocycles. The molecule has 2 rings (SSSR count). The van der Waals surface area contributed by atoms with Gasteiger partial charge in [0.05, 0.1) is 13.2 Å². The quantitative estimate of drug-likeness (QED) is 0.872. The van der Waals surface area contributed by atoms with E-state index in [1.165, 1.54) is 0 Å². The van der Waals surface area contributed by atoms with E-state index in [0.717, 1.165) is 24.5 Å². The number of pyridine rings is 1. The van der Waals surface area contributed by atoms with Crippen molar-refractivity contribution in [3.05, 3.63) is 23.4 Å². The number of nitrogens with zero attached hydrogens (tertiary/aromatic N) is 2. The molecule has 98 valence electrons. The van der Waals surface area contributed by atoms with Crippen LogP contribution in [0, 0.1) is 0 Å². The van der Waals surface area contributed by atoms with Crippen LogP contribution >= 0.6 is 0 Å². The molecule has 0 aromatic carbocycles. The van der Waals surface area contributed by atoms with E-state index in [-0.39, 0.29) is 5.92 Å². The Bertz CT molecular complexity index is 440. The highest BCUT2D eigenvalue weighted by Gasteiger charge is 2.17. The van der Waals surface area contributed by atoms with Crippen LogP contribution in [0.5, 0.6) is 0 Å². The van der Waals surface area contributed by atoms with E-state index in [4.69, 9.17) is 10.5 Å². The van der Waals surface area contributed by atoms with Gasteiger partial charge in [-0.15, -0.1) is 0 Å². The number of hydrogen-bond acceptors (Lipinski definition) is 4. The largest absolute Gasteiger partial charge is 0.378 e. The fraction of sp³-hybridized carbons (Fsp3) is 0.538. The average Bonchev–Trinajstić information content (AvgIpc) is 2.39. The summed E-state index contributed by atoms with van der Waals surface area (Å²) in [6, 6.07) is 1.79. The van der Waals surface area contributed by atoms with Gasteiger partial charge in [-0.1, -0.05) is 13.8 Å². The van der Waals surface area contributed by atoms with Gasteiger partial charge in [-0.25, -0.2) is 4.98 Å². The van der Waals surface area contributed by atoms with Crippen molar-refractivity contribution < 1.29 is 9.53 Å². The topological polar surface area (TPSA) is 68.5 Å². The lowest BCUT2D eigenvalue weighted by molar-refractivity contribution is 0.0999. The molecule has 5 heteroatoms. The molecule has 1 saturated heterocycles. The summed E-state index contributed by atoms with van der Waals surface area (Å²) in [5.74, 6) is 0.644. The number of nitrogens with two attached hydrogens (primary N) is 1. The molecule has 1 fully saturated rings. The maximum atomic E-state index is 11.5. The van der Waals surface area contributed by atoms with E-state index >= 15 is 0 Å². The van der Waals surface area contributed by atoms with Gasteiger partial charge in [-0.2, -0.15) is 0 Å². The van der Waals surface area contributed by atoms with Crippen molar-refractivity contribution >= 4 is 11.7 Å². The summed E-state index contributed by atoms with van der Waals surface area (Å²) in [4.78, 5) is 18.1. The predicted molar refractivity (Wildman–Crippen MR) is 69.9 cm³/mol. The third-order valence-corrected chi connectivity index (χ3v) is 3.14. The average molecular weight is 249 g/mol. The maximum Gasteiger partial charge on any atom is 0.249 e. The number of ether oxygens (including phenoxy) is 1. The lowest BCUT2D eigenvalue weighted by atomic mass is 9.99. The van der Waals surface area contributed by atoms with Gasteiger partial charge >= 0.3 is 0 Å². The Labute approximate surface area is 107 Å². The zero-order valence-corrected chi connectivity index (χ0v) is 10.8. The number of primary amides is 1. The third kappa shape index (κ3) is 2.61. The van der Waals surface area contributed by atoms with Crippen molar-refractivity contribution in [1.29, 1.82) is 0 Å². The second-order valence-electron chi connectivity index (χ2n) is 4.75. The molecular formula is C13H19N3O2. The smallest absolute Gasteiger partial charge is 0.249 e. The Morgan fingerprint density at radius 3 is 2.67 bits per heavy atom. The Morgan fingerprint density at radius 2 is 2.11 bits per heavy atom. The molecule has 0 spiro atoms. The summed E-state index contributed by atoms with van der Waals surface area (Å²) in [6.45, 7) is 7.03. The van der Waals surface area contributed by atoms with Gasteiger partial charge in [-0.3, -0.25) is 4.79 Å². The standard InChI is InChI=1S/C13H19N3O2/c1-9(2)11-8-15-12(7-10(11)13(14)17)16-3-5-18-6-4-16/h7-9H,3-6H2,1-2H3,(H2,14,17). The van der Waals surface area contributed by atoms with E-state index in [1.54, 1.807) is 12.3 Å². The van der Waals surface area contributed by atoms with Crippen molar-refractivity contribution in [3.63, 3.8) is 0 Å². The molecule has 0 atom stereocenters. The van der Waals surface area contributed by atoms with E-state index in [2.05, 4.69) is 9.88 Å². The van der Waals surface area contributed by atoms with Gasteiger partial charge in [-0.05, 0) is 17.5 Å². The van der Waals surface area contributed by atoms with Crippen molar-refractivity contribution in [2.24, 2.45) is 5.73 Å². The highest BCUT2D eigenvalue weighted by molar-refractivity contribution is 5.95. The Kier molecular flexibility index (Phi) is 3.81. The van der Waals surface area contributed by atoms with E-state index in [1.807, 2.05) is 13.8 Å². The molecule has 0 aliphatic carbocycles. The highest BCUT2D eigenvalue weighted by atomic mass is 16.5. The maximum absolute atomic E-state index is 11.5. The molecule has 2 N–H and O–H groups in total. The number of carbonyl (C=O) groups excluding carboxylic acids is 1. The fourth-order valence-electron chi connectivity index (χ4n) is 2.09. The highest BCUT2D eigenvalue weighted by Crippen LogP contribution is 2.23. The SMILES string of the molecule is CC(C)c1cnc(N2CCOCC2)cc1C(N)=O. The first kappa shape index (κ1) is 12.8. The van der Waals surface area contributed by atoms with Crippen LogP contribution in [0.25, 0.3) is 0 Å².